The smallest absolute Gasteiger partial charge is 0.498 e. The van der Waals surface area contributed by atoms with E-state index in [0.29, 0.717) is 10.9 Å². The van der Waals surface area contributed by atoms with Gasteiger partial charge in [-0.25, -0.2) is 0 Å². The van der Waals surface area contributed by atoms with Crippen LogP contribution in [0.1, 0.15) is 11.1 Å². The maximum atomic E-state index is 10.1. The molecule has 0 bridgehead atoms. The van der Waals surface area contributed by atoms with Gasteiger partial charge in [0.05, 0.1) is 0 Å². The molecule has 18 heavy (non-hydrogen) atoms. The number of rotatable bonds is 3. The summed E-state index contributed by atoms with van der Waals surface area (Å²) in [5.74, 6) is 0.470. The Bertz CT molecular complexity index is 518. The van der Waals surface area contributed by atoms with Gasteiger partial charge < -0.3 is 14.0 Å². The summed E-state index contributed by atoms with van der Waals surface area (Å²) >= 11 is 0. The first kappa shape index (κ1) is 12.8. The average Bonchev–Trinajstić information content (AvgIpc) is 2.32. The van der Waals surface area contributed by atoms with Gasteiger partial charge in [-0.05, 0) is 26.0 Å². The highest BCUT2D eigenvalue weighted by Crippen LogP contribution is 2.14. The maximum Gasteiger partial charge on any atom is 0.597 e. The van der Waals surface area contributed by atoms with Gasteiger partial charge in [0.1, 0.15) is 5.75 Å². The van der Waals surface area contributed by atoms with Crippen LogP contribution in [-0.4, -0.2) is 18.4 Å². The van der Waals surface area contributed by atoms with E-state index in [1.54, 1.807) is 24.3 Å². The minimum atomic E-state index is -3.86. The van der Waals surface area contributed by atoms with Crippen LogP contribution < -0.4 is 9.61 Å². The molecule has 0 fully saturated rings. The second kappa shape index (κ2) is 4.94. The first-order valence-electron chi connectivity index (χ1n) is 5.75. The standard InChI is InChI=1S/C14H16O3Si/c1-11-3-7-13(8-4-11)17-18(15,16)14-9-5-12(2)6-10-14/h3-10,15-16H,1-2H3. The number of aryl methyl sites for hydroxylation is 2. The van der Waals surface area contributed by atoms with Gasteiger partial charge in [-0.15, -0.1) is 0 Å². The molecule has 2 N–H and O–H groups in total. The second-order valence-corrected chi connectivity index (χ2v) is 6.39. The Morgan fingerprint density at radius 2 is 1.22 bits per heavy atom. The van der Waals surface area contributed by atoms with Crippen molar-refractivity contribution in [2.75, 3.05) is 0 Å². The van der Waals surface area contributed by atoms with E-state index in [4.69, 9.17) is 4.43 Å². The van der Waals surface area contributed by atoms with Crippen LogP contribution in [0.4, 0.5) is 0 Å². The van der Waals surface area contributed by atoms with Crippen LogP contribution in [0.3, 0.4) is 0 Å². The summed E-state index contributed by atoms with van der Waals surface area (Å²) in [6.07, 6.45) is 0. The van der Waals surface area contributed by atoms with Gasteiger partial charge in [0, 0.05) is 5.19 Å². The van der Waals surface area contributed by atoms with Crippen LogP contribution in [0.2, 0.25) is 0 Å². The van der Waals surface area contributed by atoms with Crippen LogP contribution in [-0.2, 0) is 0 Å². The van der Waals surface area contributed by atoms with Gasteiger partial charge in [-0.2, -0.15) is 0 Å². The molecule has 2 aromatic rings. The molecule has 0 aliphatic carbocycles. The van der Waals surface area contributed by atoms with E-state index in [2.05, 4.69) is 0 Å². The molecule has 4 heteroatoms. The van der Waals surface area contributed by atoms with Crippen molar-refractivity contribution in [3.63, 3.8) is 0 Å². The summed E-state index contributed by atoms with van der Waals surface area (Å²) in [7, 11) is -3.86. The third-order valence-electron chi connectivity index (χ3n) is 2.71. The number of benzene rings is 2. The van der Waals surface area contributed by atoms with Crippen molar-refractivity contribution in [2.45, 2.75) is 13.8 Å². The Hall–Kier alpha value is -1.62. The normalized spacial score (nSPS) is 11.3. The largest absolute Gasteiger partial charge is 0.597 e. The van der Waals surface area contributed by atoms with Gasteiger partial charge in [0.2, 0.25) is 0 Å². The molecule has 0 amide bonds. The molecular formula is C14H16O3Si. The van der Waals surface area contributed by atoms with Crippen molar-refractivity contribution < 1.29 is 14.0 Å². The Balaban J connectivity index is 2.20. The van der Waals surface area contributed by atoms with Crippen LogP contribution in [0.5, 0.6) is 5.75 Å². The molecule has 0 unspecified atom stereocenters. The zero-order chi connectivity index (χ0) is 13.2. The second-order valence-electron chi connectivity index (χ2n) is 4.39. The molecular weight excluding hydrogens is 244 g/mol. The quantitative estimate of drug-likeness (QED) is 0.823. The fourth-order valence-corrected chi connectivity index (χ4v) is 2.78. The molecule has 0 atom stereocenters. The molecule has 0 aromatic heterocycles. The summed E-state index contributed by atoms with van der Waals surface area (Å²) in [6, 6.07) is 14.3. The van der Waals surface area contributed by atoms with Crippen LogP contribution >= 0.6 is 0 Å². The molecule has 2 rings (SSSR count). The summed E-state index contributed by atoms with van der Waals surface area (Å²) < 4.78 is 5.33. The number of hydrogen-bond acceptors (Lipinski definition) is 3. The van der Waals surface area contributed by atoms with Crippen LogP contribution in [0.25, 0.3) is 0 Å². The highest BCUT2D eigenvalue weighted by atomic mass is 28.4. The lowest BCUT2D eigenvalue weighted by molar-refractivity contribution is 0.260. The predicted molar refractivity (Wildman–Crippen MR) is 72.8 cm³/mol. The van der Waals surface area contributed by atoms with E-state index in [0.717, 1.165) is 11.1 Å². The van der Waals surface area contributed by atoms with Crippen molar-refractivity contribution >= 4 is 14.0 Å². The molecule has 0 heterocycles. The van der Waals surface area contributed by atoms with E-state index in [1.807, 2.05) is 38.1 Å². The fraction of sp³-hybridized carbons (Fsp3) is 0.143. The molecule has 0 saturated carbocycles. The zero-order valence-electron chi connectivity index (χ0n) is 10.4. The fourth-order valence-electron chi connectivity index (χ4n) is 1.60. The monoisotopic (exact) mass is 260 g/mol. The van der Waals surface area contributed by atoms with Crippen molar-refractivity contribution in [3.8, 4) is 5.75 Å². The SMILES string of the molecule is Cc1ccc(O[Si](O)(O)c2ccc(C)cc2)cc1. The third kappa shape index (κ3) is 2.98. The van der Waals surface area contributed by atoms with E-state index < -0.39 is 8.80 Å². The van der Waals surface area contributed by atoms with Crippen LogP contribution in [0, 0.1) is 13.8 Å². The Morgan fingerprint density at radius 1 is 0.778 bits per heavy atom. The summed E-state index contributed by atoms with van der Waals surface area (Å²) in [5.41, 5.74) is 2.17. The van der Waals surface area contributed by atoms with E-state index in [1.165, 1.54) is 0 Å². The predicted octanol–water partition coefficient (Wildman–Crippen LogP) is 1.51. The summed E-state index contributed by atoms with van der Waals surface area (Å²) in [5, 5.41) is 0.439. The van der Waals surface area contributed by atoms with E-state index in [-0.39, 0.29) is 0 Å². The van der Waals surface area contributed by atoms with Crippen molar-refractivity contribution in [2.24, 2.45) is 0 Å². The lowest BCUT2D eigenvalue weighted by Crippen LogP contribution is -2.54. The molecule has 94 valence electrons. The summed E-state index contributed by atoms with van der Waals surface area (Å²) in [4.78, 5) is 20.1. The molecule has 2 aromatic carbocycles. The third-order valence-corrected chi connectivity index (χ3v) is 4.31. The lowest BCUT2D eigenvalue weighted by Gasteiger charge is -2.19. The lowest BCUT2D eigenvalue weighted by atomic mass is 10.2. The summed E-state index contributed by atoms with van der Waals surface area (Å²) in [6.45, 7) is 3.91. The van der Waals surface area contributed by atoms with Gasteiger partial charge in [0.15, 0.2) is 0 Å². The molecule has 0 spiro atoms. The minimum absolute atomic E-state index is 0.439. The Kier molecular flexibility index (Phi) is 3.52. The van der Waals surface area contributed by atoms with Gasteiger partial charge in [-0.3, -0.25) is 0 Å². The maximum absolute atomic E-state index is 10.1. The van der Waals surface area contributed by atoms with Crippen molar-refractivity contribution in [1.29, 1.82) is 0 Å². The minimum Gasteiger partial charge on any atom is -0.498 e. The molecule has 0 aliphatic rings. The Labute approximate surface area is 108 Å². The molecule has 0 aliphatic heterocycles. The molecule has 0 radical (unpaired) electrons. The highest BCUT2D eigenvalue weighted by Gasteiger charge is 2.37. The first-order chi connectivity index (χ1) is 8.47. The molecule has 0 saturated heterocycles. The first-order valence-corrected chi connectivity index (χ1v) is 7.55. The van der Waals surface area contributed by atoms with E-state index in [9.17, 15) is 9.59 Å². The van der Waals surface area contributed by atoms with Crippen molar-refractivity contribution in [1.82, 2.24) is 0 Å². The van der Waals surface area contributed by atoms with Crippen molar-refractivity contribution in [3.05, 3.63) is 59.7 Å². The van der Waals surface area contributed by atoms with Gasteiger partial charge >= 0.3 is 8.80 Å². The highest BCUT2D eigenvalue weighted by molar-refractivity contribution is 6.73. The van der Waals surface area contributed by atoms with Crippen LogP contribution in [0.15, 0.2) is 48.5 Å². The Morgan fingerprint density at radius 3 is 1.72 bits per heavy atom. The van der Waals surface area contributed by atoms with E-state index >= 15 is 0 Å². The van der Waals surface area contributed by atoms with Gasteiger partial charge in [-0.1, -0.05) is 47.5 Å². The number of hydrogen-bond donors (Lipinski definition) is 2. The zero-order valence-corrected chi connectivity index (χ0v) is 11.4. The topological polar surface area (TPSA) is 49.7 Å². The van der Waals surface area contributed by atoms with Gasteiger partial charge in [0.25, 0.3) is 0 Å². The molecule has 3 nitrogen and oxygen atoms in total. The average molecular weight is 260 g/mol.